The largest absolute Gasteiger partial charge is 0.326 e. The van der Waals surface area contributed by atoms with E-state index in [1.807, 2.05) is 0 Å². The van der Waals surface area contributed by atoms with Gasteiger partial charge in [0.05, 0.1) is 6.04 Å². The number of rotatable bonds is 1. The van der Waals surface area contributed by atoms with Gasteiger partial charge in [-0.25, -0.2) is 0 Å². The Hall–Kier alpha value is -1.83. The van der Waals surface area contributed by atoms with Crippen LogP contribution < -0.4 is 0 Å². The molecular weight excluding hydrogens is 208 g/mol. The minimum Gasteiger partial charge on any atom is -0.326 e. The van der Waals surface area contributed by atoms with Crippen molar-refractivity contribution < 1.29 is 0 Å². The first-order valence-electron chi connectivity index (χ1n) is 6.17. The second-order valence-corrected chi connectivity index (χ2v) is 4.39. The van der Waals surface area contributed by atoms with Crippen LogP contribution >= 0.6 is 0 Å². The van der Waals surface area contributed by atoms with Crippen molar-refractivity contribution in [3.63, 3.8) is 0 Å². The van der Waals surface area contributed by atoms with Crippen LogP contribution in [0.15, 0.2) is 59.8 Å². The van der Waals surface area contributed by atoms with E-state index in [0.29, 0.717) is 6.04 Å². The number of amidine groups is 1. The maximum atomic E-state index is 4.59. The van der Waals surface area contributed by atoms with E-state index in [9.17, 15) is 0 Å². The summed E-state index contributed by atoms with van der Waals surface area (Å²) in [5.74, 6) is 1.22. The minimum absolute atomic E-state index is 0.304. The van der Waals surface area contributed by atoms with E-state index in [0.717, 1.165) is 13.0 Å². The van der Waals surface area contributed by atoms with Crippen LogP contribution in [0.4, 0.5) is 0 Å². The highest BCUT2D eigenvalue weighted by atomic mass is 15.2. The maximum Gasteiger partial charge on any atom is 0.104 e. The molecule has 0 bridgehead atoms. The molecule has 2 nitrogen and oxygen atoms in total. The van der Waals surface area contributed by atoms with Crippen LogP contribution in [0.1, 0.15) is 24.4 Å². The molecule has 1 atom stereocenters. The topological polar surface area (TPSA) is 15.6 Å². The Bertz CT molecular complexity index is 471. The summed E-state index contributed by atoms with van der Waals surface area (Å²) in [6.45, 7) is 0.977. The van der Waals surface area contributed by atoms with Gasteiger partial charge >= 0.3 is 0 Å². The molecule has 0 fully saturated rings. The molecule has 0 N–H and O–H groups in total. The maximum absolute atomic E-state index is 4.59. The number of benzene rings is 1. The van der Waals surface area contributed by atoms with Crippen LogP contribution in [0.25, 0.3) is 0 Å². The van der Waals surface area contributed by atoms with Crippen LogP contribution in [-0.4, -0.2) is 17.3 Å². The second kappa shape index (κ2) is 4.58. The van der Waals surface area contributed by atoms with Crippen molar-refractivity contribution in [3.05, 3.63) is 60.3 Å². The number of aliphatic imine (C=N–C) groups is 1. The Labute approximate surface area is 102 Å². The third-order valence-electron chi connectivity index (χ3n) is 3.24. The van der Waals surface area contributed by atoms with Gasteiger partial charge in [0.15, 0.2) is 0 Å². The van der Waals surface area contributed by atoms with Crippen LogP contribution in [0.2, 0.25) is 0 Å². The standard InChI is InChI=1S/C15H16N2/c1-2-7-13(8-3-1)14-9-4-5-12-17(14)15-10-6-11-16-15/h1-5,7-9,12,14H,6,10-11H2. The first-order chi connectivity index (χ1) is 8.45. The van der Waals surface area contributed by atoms with Gasteiger partial charge in [-0.1, -0.05) is 42.5 Å². The summed E-state index contributed by atoms with van der Waals surface area (Å²) in [5.41, 5.74) is 1.32. The molecular formula is C15H16N2. The third kappa shape index (κ3) is 2.03. The van der Waals surface area contributed by atoms with Gasteiger partial charge in [-0.2, -0.15) is 0 Å². The molecule has 2 heteroatoms. The van der Waals surface area contributed by atoms with Gasteiger partial charge in [0.25, 0.3) is 0 Å². The monoisotopic (exact) mass is 224 g/mol. The lowest BCUT2D eigenvalue weighted by Gasteiger charge is -2.30. The first kappa shape index (κ1) is 10.3. The van der Waals surface area contributed by atoms with Crippen LogP contribution in [0, 0.1) is 0 Å². The molecule has 1 unspecified atom stereocenters. The molecule has 0 aliphatic carbocycles. The molecule has 86 valence electrons. The van der Waals surface area contributed by atoms with E-state index in [-0.39, 0.29) is 0 Å². The van der Waals surface area contributed by atoms with Crippen LogP contribution in [0.3, 0.4) is 0 Å². The predicted octanol–water partition coefficient (Wildman–Crippen LogP) is 3.31. The highest BCUT2D eigenvalue weighted by Crippen LogP contribution is 2.27. The first-order valence-corrected chi connectivity index (χ1v) is 6.17. The fourth-order valence-electron chi connectivity index (χ4n) is 2.40. The van der Waals surface area contributed by atoms with Gasteiger partial charge in [-0.15, -0.1) is 0 Å². The molecule has 2 aliphatic heterocycles. The third-order valence-corrected chi connectivity index (χ3v) is 3.24. The van der Waals surface area contributed by atoms with Crippen molar-refractivity contribution in [3.8, 4) is 0 Å². The summed E-state index contributed by atoms with van der Waals surface area (Å²) >= 11 is 0. The zero-order chi connectivity index (χ0) is 11.5. The van der Waals surface area contributed by atoms with Gasteiger partial charge in [-0.3, -0.25) is 4.99 Å². The molecule has 0 spiro atoms. The highest BCUT2D eigenvalue weighted by molar-refractivity contribution is 5.85. The van der Waals surface area contributed by atoms with Crippen molar-refractivity contribution in [2.75, 3.05) is 6.54 Å². The molecule has 2 heterocycles. The normalized spacial score (nSPS) is 22.9. The quantitative estimate of drug-likeness (QED) is 0.714. The fourth-order valence-corrected chi connectivity index (χ4v) is 2.40. The predicted molar refractivity (Wildman–Crippen MR) is 70.8 cm³/mol. The molecule has 1 aromatic rings. The molecule has 3 rings (SSSR count). The van der Waals surface area contributed by atoms with Gasteiger partial charge in [0, 0.05) is 19.2 Å². The fraction of sp³-hybridized carbons (Fsp3) is 0.267. The molecule has 17 heavy (non-hydrogen) atoms. The summed E-state index contributed by atoms with van der Waals surface area (Å²) in [4.78, 5) is 6.89. The molecule has 0 radical (unpaired) electrons. The van der Waals surface area contributed by atoms with Crippen molar-refractivity contribution in [1.82, 2.24) is 4.90 Å². The zero-order valence-corrected chi connectivity index (χ0v) is 9.79. The lowest BCUT2D eigenvalue weighted by Crippen LogP contribution is -2.29. The van der Waals surface area contributed by atoms with E-state index < -0.39 is 0 Å². The van der Waals surface area contributed by atoms with Gasteiger partial charge in [-0.05, 0) is 18.1 Å². The number of nitrogens with zero attached hydrogens (tertiary/aromatic N) is 2. The Balaban J connectivity index is 1.91. The number of hydrogen-bond donors (Lipinski definition) is 0. The van der Waals surface area contributed by atoms with Crippen LogP contribution in [-0.2, 0) is 0 Å². The van der Waals surface area contributed by atoms with Gasteiger partial charge < -0.3 is 4.90 Å². The van der Waals surface area contributed by atoms with E-state index in [2.05, 4.69) is 64.7 Å². The SMILES string of the molecule is C1=CC(c2ccccc2)N(C2=NCCC2)C=C1. The Morgan fingerprint density at radius 1 is 1.12 bits per heavy atom. The summed E-state index contributed by atoms with van der Waals surface area (Å²) in [5, 5.41) is 0. The minimum atomic E-state index is 0.304. The number of allylic oxidation sites excluding steroid dienone is 2. The smallest absolute Gasteiger partial charge is 0.104 e. The van der Waals surface area contributed by atoms with Crippen molar-refractivity contribution in [2.24, 2.45) is 4.99 Å². The van der Waals surface area contributed by atoms with Crippen molar-refractivity contribution >= 4 is 5.84 Å². The molecule has 0 saturated carbocycles. The summed E-state index contributed by atoms with van der Waals surface area (Å²) in [6, 6.07) is 10.9. The summed E-state index contributed by atoms with van der Waals surface area (Å²) in [6.07, 6.45) is 10.9. The second-order valence-electron chi connectivity index (χ2n) is 4.39. The van der Waals surface area contributed by atoms with Crippen LogP contribution in [0.5, 0.6) is 0 Å². The Morgan fingerprint density at radius 2 is 2.00 bits per heavy atom. The Kier molecular flexibility index (Phi) is 2.78. The van der Waals surface area contributed by atoms with E-state index in [1.165, 1.54) is 17.8 Å². The summed E-state index contributed by atoms with van der Waals surface area (Å²) < 4.78 is 0. The summed E-state index contributed by atoms with van der Waals surface area (Å²) in [7, 11) is 0. The highest BCUT2D eigenvalue weighted by Gasteiger charge is 2.22. The van der Waals surface area contributed by atoms with Crippen molar-refractivity contribution in [2.45, 2.75) is 18.9 Å². The van der Waals surface area contributed by atoms with E-state index in [1.54, 1.807) is 0 Å². The average Bonchev–Trinajstić information content (AvgIpc) is 2.94. The van der Waals surface area contributed by atoms with Gasteiger partial charge in [0.2, 0.25) is 0 Å². The molecule has 1 aromatic carbocycles. The molecule has 2 aliphatic rings. The molecule has 0 amide bonds. The van der Waals surface area contributed by atoms with E-state index >= 15 is 0 Å². The lowest BCUT2D eigenvalue weighted by molar-refractivity contribution is 0.471. The average molecular weight is 224 g/mol. The van der Waals surface area contributed by atoms with E-state index in [4.69, 9.17) is 0 Å². The zero-order valence-electron chi connectivity index (χ0n) is 9.79. The Morgan fingerprint density at radius 3 is 2.76 bits per heavy atom. The molecule has 0 aromatic heterocycles. The number of hydrogen-bond acceptors (Lipinski definition) is 2. The van der Waals surface area contributed by atoms with Gasteiger partial charge in [0.1, 0.15) is 5.84 Å². The lowest BCUT2D eigenvalue weighted by atomic mass is 10.0. The van der Waals surface area contributed by atoms with Crippen molar-refractivity contribution in [1.29, 1.82) is 0 Å². The molecule has 0 saturated heterocycles.